The Morgan fingerprint density at radius 2 is 1.79 bits per heavy atom. The van der Waals surface area contributed by atoms with Gasteiger partial charge in [-0.15, -0.1) is 0 Å². The van der Waals surface area contributed by atoms with Gasteiger partial charge < -0.3 is 10.2 Å². The minimum absolute atomic E-state index is 0.0745. The van der Waals surface area contributed by atoms with Crippen molar-refractivity contribution < 1.29 is 22.8 Å². The van der Waals surface area contributed by atoms with Gasteiger partial charge in [-0.05, 0) is 29.3 Å². The van der Waals surface area contributed by atoms with E-state index in [1.165, 1.54) is 25.1 Å². The molecular weight excluding hydrogens is 416 g/mol. The van der Waals surface area contributed by atoms with Crippen LogP contribution in [0.3, 0.4) is 0 Å². The van der Waals surface area contributed by atoms with Gasteiger partial charge in [0.05, 0.1) is 5.71 Å². The molecule has 0 aromatic heterocycles. The van der Waals surface area contributed by atoms with E-state index >= 15 is 0 Å². The van der Waals surface area contributed by atoms with Gasteiger partial charge in [-0.1, -0.05) is 52.6 Å². The molecular formula is C19H15Cl2F3N2O2. The molecule has 0 radical (unpaired) electrons. The third kappa shape index (κ3) is 4.10. The number of halogens is 5. The van der Waals surface area contributed by atoms with E-state index in [2.05, 4.69) is 10.5 Å². The summed E-state index contributed by atoms with van der Waals surface area (Å²) in [6.07, 6.45) is -5.25. The normalized spacial score (nSPS) is 19.1. The van der Waals surface area contributed by atoms with Crippen LogP contribution in [0.5, 0.6) is 0 Å². The van der Waals surface area contributed by atoms with Gasteiger partial charge in [0.15, 0.2) is 0 Å². The molecule has 2 aromatic rings. The minimum Gasteiger partial charge on any atom is -0.374 e. The molecule has 4 nitrogen and oxygen atoms in total. The van der Waals surface area contributed by atoms with Crippen molar-refractivity contribution in [1.82, 2.24) is 5.32 Å². The summed E-state index contributed by atoms with van der Waals surface area (Å²) in [4.78, 5) is 15.9. The van der Waals surface area contributed by atoms with Crippen LogP contribution in [0.1, 0.15) is 30.0 Å². The highest BCUT2D eigenvalue weighted by atomic mass is 35.5. The molecule has 148 valence electrons. The first-order chi connectivity index (χ1) is 13.1. The van der Waals surface area contributed by atoms with Gasteiger partial charge in [0.25, 0.3) is 5.60 Å². The highest BCUT2D eigenvalue weighted by Gasteiger charge is 2.62. The summed E-state index contributed by atoms with van der Waals surface area (Å²) < 4.78 is 41.9. The van der Waals surface area contributed by atoms with Crippen LogP contribution in [0.4, 0.5) is 13.2 Å². The quantitative estimate of drug-likeness (QED) is 0.723. The van der Waals surface area contributed by atoms with E-state index in [4.69, 9.17) is 28.0 Å². The fourth-order valence-electron chi connectivity index (χ4n) is 2.89. The van der Waals surface area contributed by atoms with Crippen molar-refractivity contribution in [3.63, 3.8) is 0 Å². The maximum absolute atomic E-state index is 14.0. The number of hydrogen-bond donors (Lipinski definition) is 1. The van der Waals surface area contributed by atoms with Gasteiger partial charge in [0, 0.05) is 35.5 Å². The smallest absolute Gasteiger partial charge is 0.374 e. The number of amides is 1. The van der Waals surface area contributed by atoms with Crippen molar-refractivity contribution in [2.45, 2.75) is 31.7 Å². The van der Waals surface area contributed by atoms with E-state index in [0.29, 0.717) is 12.1 Å². The number of carbonyl (C=O) groups is 1. The topological polar surface area (TPSA) is 50.7 Å². The Morgan fingerprint density at radius 1 is 1.18 bits per heavy atom. The first-order valence-electron chi connectivity index (χ1n) is 8.23. The molecule has 3 rings (SSSR count). The maximum Gasteiger partial charge on any atom is 0.435 e. The van der Waals surface area contributed by atoms with Crippen LogP contribution in [-0.2, 0) is 21.8 Å². The maximum atomic E-state index is 14.0. The molecule has 0 spiro atoms. The van der Waals surface area contributed by atoms with E-state index < -0.39 is 18.2 Å². The van der Waals surface area contributed by atoms with Gasteiger partial charge >= 0.3 is 6.18 Å². The average molecular weight is 431 g/mol. The number of nitrogens with zero attached hydrogens (tertiary/aromatic N) is 1. The molecule has 1 heterocycles. The third-order valence-corrected chi connectivity index (χ3v) is 4.78. The zero-order valence-corrected chi connectivity index (χ0v) is 16.1. The van der Waals surface area contributed by atoms with Gasteiger partial charge in [0.2, 0.25) is 5.91 Å². The Balaban J connectivity index is 1.88. The Morgan fingerprint density at radius 3 is 2.32 bits per heavy atom. The molecule has 2 aromatic carbocycles. The molecule has 0 saturated heterocycles. The molecule has 0 aliphatic carbocycles. The fourth-order valence-corrected chi connectivity index (χ4v) is 3.41. The molecule has 28 heavy (non-hydrogen) atoms. The number of hydrogen-bond acceptors (Lipinski definition) is 3. The highest BCUT2D eigenvalue weighted by Crippen LogP contribution is 2.49. The zero-order chi connectivity index (χ0) is 20.5. The highest BCUT2D eigenvalue weighted by molar-refractivity contribution is 6.34. The largest absolute Gasteiger partial charge is 0.435 e. The number of oxime groups is 1. The SMILES string of the molecule is CC(=O)NCc1ccc(C2=NOC(c3cc(Cl)cc(Cl)c3)(C(F)(F)F)C2)cc1. The molecule has 1 N–H and O–H groups in total. The molecule has 9 heteroatoms. The average Bonchev–Trinajstić information content (AvgIpc) is 3.06. The number of carbonyl (C=O) groups excluding carboxylic acids is 1. The number of alkyl halides is 3. The van der Waals surface area contributed by atoms with Gasteiger partial charge in [0.1, 0.15) is 0 Å². The van der Waals surface area contributed by atoms with Crippen LogP contribution in [-0.4, -0.2) is 17.8 Å². The lowest BCUT2D eigenvalue weighted by Gasteiger charge is -2.29. The van der Waals surface area contributed by atoms with Crippen LogP contribution in [0.15, 0.2) is 47.6 Å². The fraction of sp³-hybridized carbons (Fsp3) is 0.263. The predicted molar refractivity (Wildman–Crippen MR) is 100 cm³/mol. The van der Waals surface area contributed by atoms with Crippen molar-refractivity contribution in [2.24, 2.45) is 5.16 Å². The van der Waals surface area contributed by atoms with Crippen molar-refractivity contribution in [3.05, 3.63) is 69.2 Å². The predicted octanol–water partition coefficient (Wildman–Crippen LogP) is 5.21. The lowest BCUT2D eigenvalue weighted by molar-refractivity contribution is -0.275. The molecule has 1 aliphatic heterocycles. The van der Waals surface area contributed by atoms with Crippen LogP contribution < -0.4 is 5.32 Å². The Hall–Kier alpha value is -2.25. The van der Waals surface area contributed by atoms with Gasteiger partial charge in [-0.3, -0.25) is 4.79 Å². The second-order valence-electron chi connectivity index (χ2n) is 6.40. The van der Waals surface area contributed by atoms with E-state index in [1.54, 1.807) is 24.3 Å². The van der Waals surface area contributed by atoms with Gasteiger partial charge in [-0.25, -0.2) is 0 Å². The molecule has 1 amide bonds. The first kappa shape index (κ1) is 20.5. The number of rotatable bonds is 4. The monoisotopic (exact) mass is 430 g/mol. The van der Waals surface area contributed by atoms with Crippen molar-refractivity contribution in [2.75, 3.05) is 0 Å². The van der Waals surface area contributed by atoms with E-state index in [0.717, 1.165) is 5.56 Å². The molecule has 0 fully saturated rings. The van der Waals surface area contributed by atoms with E-state index in [9.17, 15) is 18.0 Å². The summed E-state index contributed by atoms with van der Waals surface area (Å²) >= 11 is 11.8. The van der Waals surface area contributed by atoms with E-state index in [-0.39, 0.29) is 27.2 Å². The number of benzene rings is 2. The minimum atomic E-state index is -4.74. The van der Waals surface area contributed by atoms with Crippen LogP contribution >= 0.6 is 23.2 Å². The Bertz CT molecular complexity index is 910. The lowest BCUT2D eigenvalue weighted by atomic mass is 9.86. The van der Waals surface area contributed by atoms with Gasteiger partial charge in [-0.2, -0.15) is 13.2 Å². The summed E-state index contributed by atoms with van der Waals surface area (Å²) in [7, 11) is 0. The second-order valence-corrected chi connectivity index (χ2v) is 7.27. The Labute approximate surface area is 169 Å². The Kier molecular flexibility index (Phi) is 5.59. The van der Waals surface area contributed by atoms with Crippen molar-refractivity contribution in [1.29, 1.82) is 0 Å². The molecule has 1 unspecified atom stereocenters. The number of nitrogens with one attached hydrogen (secondary N) is 1. The third-order valence-electron chi connectivity index (χ3n) is 4.34. The summed E-state index contributed by atoms with van der Waals surface area (Å²) in [5.41, 5.74) is -1.42. The van der Waals surface area contributed by atoms with Crippen LogP contribution in [0.25, 0.3) is 0 Å². The van der Waals surface area contributed by atoms with Crippen molar-refractivity contribution >= 4 is 34.8 Å². The van der Waals surface area contributed by atoms with E-state index in [1.807, 2.05) is 0 Å². The summed E-state index contributed by atoms with van der Waals surface area (Å²) in [6.45, 7) is 1.73. The second kappa shape index (κ2) is 7.64. The summed E-state index contributed by atoms with van der Waals surface area (Å²) in [6, 6.07) is 10.4. The summed E-state index contributed by atoms with van der Waals surface area (Å²) in [5.74, 6) is -0.173. The standard InChI is InChI=1S/C19H15Cl2F3N2O2/c1-11(27)25-10-12-2-4-13(5-3-12)17-9-18(28-26-17,19(22,23)24)14-6-15(20)8-16(21)7-14/h2-8H,9-10H2,1H3,(H,25,27). The first-order valence-corrected chi connectivity index (χ1v) is 8.98. The van der Waals surface area contributed by atoms with Crippen LogP contribution in [0.2, 0.25) is 10.0 Å². The zero-order valence-electron chi connectivity index (χ0n) is 14.6. The molecule has 1 aliphatic rings. The van der Waals surface area contributed by atoms with Crippen LogP contribution in [0, 0.1) is 0 Å². The molecule has 0 saturated carbocycles. The van der Waals surface area contributed by atoms with Crippen molar-refractivity contribution in [3.8, 4) is 0 Å². The lowest BCUT2D eigenvalue weighted by Crippen LogP contribution is -2.42. The molecule has 0 bridgehead atoms. The molecule has 1 atom stereocenters. The summed E-state index contributed by atoms with van der Waals surface area (Å²) in [5, 5.41) is 6.50.